The minimum atomic E-state index is 0.0767. The summed E-state index contributed by atoms with van der Waals surface area (Å²) >= 11 is 0. The van der Waals surface area contributed by atoms with Crippen LogP contribution >= 0.6 is 0 Å². The smallest absolute Gasteiger partial charge is 0.253 e. The van der Waals surface area contributed by atoms with E-state index in [4.69, 9.17) is 4.74 Å². The van der Waals surface area contributed by atoms with Crippen molar-refractivity contribution in [2.24, 2.45) is 5.92 Å². The van der Waals surface area contributed by atoms with Crippen molar-refractivity contribution in [1.82, 2.24) is 4.90 Å². The highest BCUT2D eigenvalue weighted by Gasteiger charge is 2.24. The lowest BCUT2D eigenvalue weighted by molar-refractivity contribution is 0.0620. The maximum atomic E-state index is 12.5. The maximum Gasteiger partial charge on any atom is 0.253 e. The van der Waals surface area contributed by atoms with Gasteiger partial charge in [0.15, 0.2) is 0 Å². The minimum absolute atomic E-state index is 0.0767. The van der Waals surface area contributed by atoms with Crippen LogP contribution in [0.3, 0.4) is 0 Å². The summed E-state index contributed by atoms with van der Waals surface area (Å²) in [5, 5.41) is 9.23. The number of fused-ring (bicyclic) bond motifs is 1. The molecule has 1 fully saturated rings. The van der Waals surface area contributed by atoms with Crippen molar-refractivity contribution in [1.29, 1.82) is 0 Å². The molecule has 1 aromatic rings. The number of hydrogen-bond donors (Lipinski definition) is 1. The van der Waals surface area contributed by atoms with Crippen LogP contribution in [0.2, 0.25) is 0 Å². The number of hydrogen-bond acceptors (Lipinski definition) is 3. The topological polar surface area (TPSA) is 49.8 Å². The van der Waals surface area contributed by atoms with E-state index in [-0.39, 0.29) is 18.4 Å². The zero-order valence-electron chi connectivity index (χ0n) is 11.0. The zero-order chi connectivity index (χ0) is 13.2. The van der Waals surface area contributed by atoms with Crippen LogP contribution in [-0.2, 0) is 18.0 Å². The summed E-state index contributed by atoms with van der Waals surface area (Å²) in [6, 6.07) is 5.83. The highest BCUT2D eigenvalue weighted by Crippen LogP contribution is 2.23. The number of ether oxygens (including phenoxy) is 1. The van der Waals surface area contributed by atoms with Crippen molar-refractivity contribution in [2.75, 3.05) is 19.7 Å². The Bertz CT molecular complexity index is 486. The van der Waals surface area contributed by atoms with E-state index < -0.39 is 0 Å². The summed E-state index contributed by atoms with van der Waals surface area (Å²) in [6.07, 6.45) is 1.99. The lowest BCUT2D eigenvalue weighted by Gasteiger charge is -2.32. The molecule has 4 heteroatoms. The molecule has 1 N–H and O–H groups in total. The Morgan fingerprint density at radius 3 is 3.05 bits per heavy atom. The average molecular weight is 261 g/mol. The second kappa shape index (κ2) is 5.31. The van der Waals surface area contributed by atoms with E-state index in [1.807, 2.05) is 23.1 Å². The van der Waals surface area contributed by atoms with Crippen LogP contribution in [-0.4, -0.2) is 35.6 Å². The second-order valence-electron chi connectivity index (χ2n) is 5.42. The molecular formula is C15H19NO3. The Balaban J connectivity index is 1.76. The van der Waals surface area contributed by atoms with E-state index in [0.717, 1.165) is 30.5 Å². The van der Waals surface area contributed by atoms with Crippen molar-refractivity contribution < 1.29 is 14.6 Å². The van der Waals surface area contributed by atoms with Crippen LogP contribution in [0.1, 0.15) is 34.3 Å². The van der Waals surface area contributed by atoms with Crippen molar-refractivity contribution in [2.45, 2.75) is 26.1 Å². The molecule has 0 bridgehead atoms. The van der Waals surface area contributed by atoms with Gasteiger partial charge in [-0.05, 0) is 42.0 Å². The Labute approximate surface area is 113 Å². The predicted octanol–water partition coefficient (Wildman–Crippen LogP) is 1.56. The summed E-state index contributed by atoms with van der Waals surface area (Å²) in [4.78, 5) is 14.3. The lowest BCUT2D eigenvalue weighted by Crippen LogP contribution is -2.40. The molecule has 1 saturated heterocycles. The number of aliphatic hydroxyl groups is 1. The lowest BCUT2D eigenvalue weighted by atomic mass is 9.98. The number of carbonyl (C=O) groups excluding carboxylic acids is 1. The van der Waals surface area contributed by atoms with Gasteiger partial charge in [0.2, 0.25) is 0 Å². The molecule has 1 amide bonds. The summed E-state index contributed by atoms with van der Waals surface area (Å²) in [7, 11) is 0. The molecule has 0 aromatic heterocycles. The van der Waals surface area contributed by atoms with E-state index in [0.29, 0.717) is 19.8 Å². The molecule has 19 heavy (non-hydrogen) atoms. The standard InChI is InChI=1S/C15H19NO3/c17-8-11-2-1-5-16(7-11)15(18)12-3-4-13-9-19-10-14(13)6-12/h3-4,6,11,17H,1-2,5,7-10H2. The highest BCUT2D eigenvalue weighted by molar-refractivity contribution is 5.94. The van der Waals surface area contributed by atoms with Gasteiger partial charge in [0.25, 0.3) is 5.91 Å². The molecule has 0 radical (unpaired) electrons. The van der Waals surface area contributed by atoms with Gasteiger partial charge in [-0.2, -0.15) is 0 Å². The number of carbonyl (C=O) groups is 1. The van der Waals surface area contributed by atoms with Gasteiger partial charge < -0.3 is 14.7 Å². The maximum absolute atomic E-state index is 12.5. The largest absolute Gasteiger partial charge is 0.396 e. The number of benzene rings is 1. The first-order valence-electron chi connectivity index (χ1n) is 6.87. The molecule has 2 heterocycles. The van der Waals surface area contributed by atoms with Gasteiger partial charge in [0.1, 0.15) is 0 Å². The third-order valence-corrected chi connectivity index (χ3v) is 4.03. The SMILES string of the molecule is O=C(c1ccc2c(c1)COC2)N1CCCC(CO)C1. The van der Waals surface area contributed by atoms with E-state index in [2.05, 4.69) is 0 Å². The third kappa shape index (κ3) is 2.51. The first-order valence-corrected chi connectivity index (χ1v) is 6.87. The number of nitrogens with zero attached hydrogens (tertiary/aromatic N) is 1. The Morgan fingerprint density at radius 2 is 2.21 bits per heavy atom. The average Bonchev–Trinajstić information content (AvgIpc) is 2.94. The van der Waals surface area contributed by atoms with Gasteiger partial charge in [-0.1, -0.05) is 6.07 Å². The zero-order valence-corrected chi connectivity index (χ0v) is 11.0. The van der Waals surface area contributed by atoms with E-state index in [9.17, 15) is 9.90 Å². The van der Waals surface area contributed by atoms with Crippen LogP contribution in [0, 0.1) is 5.92 Å². The summed E-state index contributed by atoms with van der Waals surface area (Å²) < 4.78 is 5.37. The molecule has 0 saturated carbocycles. The van der Waals surface area contributed by atoms with E-state index >= 15 is 0 Å². The fourth-order valence-corrected chi connectivity index (χ4v) is 2.89. The van der Waals surface area contributed by atoms with Gasteiger partial charge >= 0.3 is 0 Å². The molecule has 1 unspecified atom stereocenters. The Kier molecular flexibility index (Phi) is 3.53. The number of likely N-dealkylation sites (tertiary alicyclic amines) is 1. The normalized spacial score (nSPS) is 22.4. The molecule has 0 spiro atoms. The predicted molar refractivity (Wildman–Crippen MR) is 70.6 cm³/mol. The Hall–Kier alpha value is -1.39. The summed E-state index contributed by atoms with van der Waals surface area (Å²) in [5.74, 6) is 0.309. The molecular weight excluding hydrogens is 242 g/mol. The highest BCUT2D eigenvalue weighted by atomic mass is 16.5. The molecule has 2 aliphatic heterocycles. The van der Waals surface area contributed by atoms with E-state index in [1.54, 1.807) is 0 Å². The van der Waals surface area contributed by atoms with Gasteiger partial charge in [0, 0.05) is 25.3 Å². The monoisotopic (exact) mass is 261 g/mol. The van der Waals surface area contributed by atoms with Gasteiger partial charge in [0.05, 0.1) is 13.2 Å². The number of rotatable bonds is 2. The summed E-state index contributed by atoms with van der Waals surface area (Å²) in [5.41, 5.74) is 3.05. The fraction of sp³-hybridized carbons (Fsp3) is 0.533. The van der Waals surface area contributed by atoms with Crippen LogP contribution in [0.5, 0.6) is 0 Å². The van der Waals surface area contributed by atoms with Gasteiger partial charge in [-0.15, -0.1) is 0 Å². The summed E-state index contributed by atoms with van der Waals surface area (Å²) in [6.45, 7) is 2.89. The molecule has 3 rings (SSSR count). The van der Waals surface area contributed by atoms with Gasteiger partial charge in [-0.25, -0.2) is 0 Å². The third-order valence-electron chi connectivity index (χ3n) is 4.03. The quantitative estimate of drug-likeness (QED) is 0.879. The number of aliphatic hydroxyl groups excluding tert-OH is 1. The first kappa shape index (κ1) is 12.6. The van der Waals surface area contributed by atoms with Crippen molar-refractivity contribution in [3.63, 3.8) is 0 Å². The van der Waals surface area contributed by atoms with Crippen molar-refractivity contribution in [3.8, 4) is 0 Å². The van der Waals surface area contributed by atoms with Crippen molar-refractivity contribution >= 4 is 5.91 Å². The van der Waals surface area contributed by atoms with Crippen LogP contribution in [0.4, 0.5) is 0 Å². The molecule has 2 aliphatic rings. The first-order chi connectivity index (χ1) is 9.28. The minimum Gasteiger partial charge on any atom is -0.396 e. The van der Waals surface area contributed by atoms with Gasteiger partial charge in [-0.3, -0.25) is 4.79 Å². The number of piperidine rings is 1. The Morgan fingerprint density at radius 1 is 1.37 bits per heavy atom. The molecule has 1 aromatic carbocycles. The van der Waals surface area contributed by atoms with Crippen molar-refractivity contribution in [3.05, 3.63) is 34.9 Å². The second-order valence-corrected chi connectivity index (χ2v) is 5.42. The molecule has 0 aliphatic carbocycles. The van der Waals surface area contributed by atoms with Crippen LogP contribution < -0.4 is 0 Å². The van der Waals surface area contributed by atoms with Crippen LogP contribution in [0.25, 0.3) is 0 Å². The molecule has 1 atom stereocenters. The fourth-order valence-electron chi connectivity index (χ4n) is 2.89. The van der Waals surface area contributed by atoms with Crippen LogP contribution in [0.15, 0.2) is 18.2 Å². The molecule has 4 nitrogen and oxygen atoms in total. The molecule has 102 valence electrons. The number of amides is 1. The van der Waals surface area contributed by atoms with E-state index in [1.165, 1.54) is 5.56 Å².